The summed E-state index contributed by atoms with van der Waals surface area (Å²) < 4.78 is 5.12. The van der Waals surface area contributed by atoms with Crippen LogP contribution in [0, 0.1) is 0 Å². The van der Waals surface area contributed by atoms with Crippen LogP contribution >= 0.6 is 0 Å². The second-order valence-electron chi connectivity index (χ2n) is 3.03. The summed E-state index contributed by atoms with van der Waals surface area (Å²) in [5.41, 5.74) is 1.97. The molecule has 70 valence electrons. The summed E-state index contributed by atoms with van der Waals surface area (Å²) in [6, 6.07) is 7.89. The summed E-state index contributed by atoms with van der Waals surface area (Å²) in [5.74, 6) is 0.830. The Bertz CT molecular complexity index is 477. The van der Waals surface area contributed by atoms with Crippen molar-refractivity contribution in [1.82, 2.24) is 4.98 Å². The van der Waals surface area contributed by atoms with Gasteiger partial charge in [0.1, 0.15) is 5.75 Å². The van der Waals surface area contributed by atoms with Gasteiger partial charge in [-0.25, -0.2) is 0 Å². The van der Waals surface area contributed by atoms with Crippen LogP contribution in [-0.4, -0.2) is 12.1 Å². The van der Waals surface area contributed by atoms with Gasteiger partial charge in [0.25, 0.3) is 0 Å². The molecule has 14 heavy (non-hydrogen) atoms. The quantitative estimate of drug-likeness (QED) is 0.717. The summed E-state index contributed by atoms with van der Waals surface area (Å²) in [6.45, 7) is 3.71. The Kier molecular flexibility index (Phi) is 2.19. The van der Waals surface area contributed by atoms with Gasteiger partial charge >= 0.3 is 0 Å². The van der Waals surface area contributed by atoms with Gasteiger partial charge in [0.2, 0.25) is 0 Å². The Hall–Kier alpha value is -1.83. The van der Waals surface area contributed by atoms with Crippen molar-refractivity contribution < 1.29 is 4.74 Å². The van der Waals surface area contributed by atoms with Gasteiger partial charge in [0, 0.05) is 17.6 Å². The van der Waals surface area contributed by atoms with Gasteiger partial charge in [0.15, 0.2) is 0 Å². The van der Waals surface area contributed by atoms with E-state index in [1.54, 1.807) is 19.4 Å². The fraction of sp³-hybridized carbons (Fsp3) is 0.0833. The van der Waals surface area contributed by atoms with E-state index in [9.17, 15) is 0 Å². The molecule has 0 unspecified atom stereocenters. The molecule has 0 saturated carbocycles. The summed E-state index contributed by atoms with van der Waals surface area (Å²) in [7, 11) is 1.65. The predicted molar refractivity (Wildman–Crippen MR) is 58.4 cm³/mol. The number of ether oxygens (including phenoxy) is 1. The van der Waals surface area contributed by atoms with Gasteiger partial charge < -0.3 is 4.74 Å². The van der Waals surface area contributed by atoms with Gasteiger partial charge in [-0.05, 0) is 23.8 Å². The van der Waals surface area contributed by atoms with Gasteiger partial charge in [-0.3, -0.25) is 4.98 Å². The molecule has 0 atom stereocenters. The van der Waals surface area contributed by atoms with Crippen molar-refractivity contribution in [2.75, 3.05) is 7.11 Å². The molecular weight excluding hydrogens is 174 g/mol. The standard InChI is InChI=1S/C12H11NO/c1-3-9-6-10-4-5-11(14-2)7-12(10)13-8-9/h3-8H,1H2,2H3. The van der Waals surface area contributed by atoms with Gasteiger partial charge in [-0.1, -0.05) is 12.7 Å². The van der Waals surface area contributed by atoms with Crippen molar-refractivity contribution >= 4 is 17.0 Å². The minimum atomic E-state index is 0.830. The van der Waals surface area contributed by atoms with Crippen molar-refractivity contribution in [2.24, 2.45) is 0 Å². The van der Waals surface area contributed by atoms with Gasteiger partial charge in [-0.2, -0.15) is 0 Å². The first-order chi connectivity index (χ1) is 6.83. The van der Waals surface area contributed by atoms with Crippen LogP contribution in [0.5, 0.6) is 5.75 Å². The highest BCUT2D eigenvalue weighted by atomic mass is 16.5. The molecule has 0 aliphatic heterocycles. The lowest BCUT2D eigenvalue weighted by Gasteiger charge is -2.02. The van der Waals surface area contributed by atoms with Crippen LogP contribution in [-0.2, 0) is 0 Å². The van der Waals surface area contributed by atoms with Crippen molar-refractivity contribution in [2.45, 2.75) is 0 Å². The Balaban J connectivity index is 2.63. The van der Waals surface area contributed by atoms with E-state index in [4.69, 9.17) is 4.74 Å². The molecule has 0 spiro atoms. The Morgan fingerprint density at radius 3 is 2.93 bits per heavy atom. The van der Waals surface area contributed by atoms with E-state index in [0.29, 0.717) is 0 Å². The maximum absolute atomic E-state index is 5.12. The molecule has 0 aliphatic carbocycles. The Morgan fingerprint density at radius 2 is 2.21 bits per heavy atom. The molecule has 2 nitrogen and oxygen atoms in total. The van der Waals surface area contributed by atoms with Crippen LogP contribution in [0.3, 0.4) is 0 Å². The summed E-state index contributed by atoms with van der Waals surface area (Å²) in [4.78, 5) is 4.31. The molecule has 1 aromatic carbocycles. The second kappa shape index (κ2) is 3.50. The third-order valence-corrected chi connectivity index (χ3v) is 2.15. The number of fused-ring (bicyclic) bond motifs is 1. The zero-order valence-corrected chi connectivity index (χ0v) is 8.03. The molecule has 0 saturated heterocycles. The smallest absolute Gasteiger partial charge is 0.121 e. The van der Waals surface area contributed by atoms with Crippen molar-refractivity contribution in [3.05, 3.63) is 42.6 Å². The second-order valence-corrected chi connectivity index (χ2v) is 3.03. The third kappa shape index (κ3) is 1.46. The molecule has 0 fully saturated rings. The van der Waals surface area contributed by atoms with Crippen LogP contribution in [0.1, 0.15) is 5.56 Å². The zero-order chi connectivity index (χ0) is 9.97. The number of benzene rings is 1. The van der Waals surface area contributed by atoms with Gasteiger partial charge in [0.05, 0.1) is 12.6 Å². The van der Waals surface area contributed by atoms with E-state index in [1.807, 2.05) is 18.2 Å². The maximum Gasteiger partial charge on any atom is 0.121 e. The minimum absolute atomic E-state index is 0.830. The van der Waals surface area contributed by atoms with Crippen molar-refractivity contribution in [3.8, 4) is 5.75 Å². The average molecular weight is 185 g/mol. The van der Waals surface area contributed by atoms with E-state index in [-0.39, 0.29) is 0 Å². The molecule has 2 aromatic rings. The molecule has 0 bridgehead atoms. The Morgan fingerprint density at radius 1 is 1.36 bits per heavy atom. The summed E-state index contributed by atoms with van der Waals surface area (Å²) in [5, 5.41) is 1.10. The number of hydrogen-bond acceptors (Lipinski definition) is 2. The highest BCUT2D eigenvalue weighted by molar-refractivity contribution is 5.81. The molecule has 0 N–H and O–H groups in total. The molecular formula is C12H11NO. The van der Waals surface area contributed by atoms with E-state index < -0.39 is 0 Å². The molecule has 0 radical (unpaired) electrons. The number of methoxy groups -OCH3 is 1. The van der Waals surface area contributed by atoms with E-state index >= 15 is 0 Å². The molecule has 1 heterocycles. The number of pyridine rings is 1. The summed E-state index contributed by atoms with van der Waals surface area (Å²) in [6.07, 6.45) is 3.59. The number of nitrogens with zero attached hydrogens (tertiary/aromatic N) is 1. The number of aromatic nitrogens is 1. The first kappa shape index (κ1) is 8.75. The molecule has 2 rings (SSSR count). The molecule has 0 aliphatic rings. The largest absolute Gasteiger partial charge is 0.497 e. The van der Waals surface area contributed by atoms with Crippen molar-refractivity contribution in [1.29, 1.82) is 0 Å². The van der Waals surface area contributed by atoms with E-state index in [0.717, 1.165) is 22.2 Å². The molecule has 1 aromatic heterocycles. The first-order valence-electron chi connectivity index (χ1n) is 4.40. The average Bonchev–Trinajstić information content (AvgIpc) is 2.27. The van der Waals surface area contributed by atoms with Crippen LogP contribution < -0.4 is 4.74 Å². The lowest BCUT2D eigenvalue weighted by Crippen LogP contribution is -1.85. The minimum Gasteiger partial charge on any atom is -0.497 e. The monoisotopic (exact) mass is 185 g/mol. The normalized spacial score (nSPS) is 10.1. The third-order valence-electron chi connectivity index (χ3n) is 2.15. The first-order valence-corrected chi connectivity index (χ1v) is 4.40. The number of rotatable bonds is 2. The Labute approximate surface area is 82.9 Å². The van der Waals surface area contributed by atoms with E-state index in [1.165, 1.54) is 0 Å². The lowest BCUT2D eigenvalue weighted by atomic mass is 10.1. The highest BCUT2D eigenvalue weighted by Crippen LogP contribution is 2.19. The van der Waals surface area contributed by atoms with Crippen LogP contribution in [0.2, 0.25) is 0 Å². The summed E-state index contributed by atoms with van der Waals surface area (Å²) >= 11 is 0. The SMILES string of the molecule is C=Cc1cnc2cc(OC)ccc2c1. The van der Waals surface area contributed by atoms with E-state index in [2.05, 4.69) is 17.6 Å². The predicted octanol–water partition coefficient (Wildman–Crippen LogP) is 2.89. The van der Waals surface area contributed by atoms with Crippen molar-refractivity contribution in [3.63, 3.8) is 0 Å². The molecule has 0 amide bonds. The fourth-order valence-electron chi connectivity index (χ4n) is 1.36. The maximum atomic E-state index is 5.12. The van der Waals surface area contributed by atoms with Gasteiger partial charge in [-0.15, -0.1) is 0 Å². The fourth-order valence-corrected chi connectivity index (χ4v) is 1.36. The highest BCUT2D eigenvalue weighted by Gasteiger charge is 1.97. The van der Waals surface area contributed by atoms with Crippen LogP contribution in [0.25, 0.3) is 17.0 Å². The molecule has 2 heteroatoms. The topological polar surface area (TPSA) is 22.1 Å². The number of hydrogen-bond donors (Lipinski definition) is 0. The zero-order valence-electron chi connectivity index (χ0n) is 8.03. The van der Waals surface area contributed by atoms with Crippen LogP contribution in [0.15, 0.2) is 37.0 Å². The lowest BCUT2D eigenvalue weighted by molar-refractivity contribution is 0.415. The van der Waals surface area contributed by atoms with Crippen LogP contribution in [0.4, 0.5) is 0 Å².